The van der Waals surface area contributed by atoms with E-state index in [1.54, 1.807) is 13.8 Å². The molecule has 1 aliphatic rings. The molecule has 0 radical (unpaired) electrons. The van der Waals surface area contributed by atoms with Gasteiger partial charge >= 0.3 is 6.01 Å². The maximum absolute atomic E-state index is 12.3. The largest absolute Gasteiger partial charge is 0.467 e. The molecule has 1 N–H and O–H groups in total. The summed E-state index contributed by atoms with van der Waals surface area (Å²) in [6.45, 7) is 6.17. The number of morpholine rings is 1. The molecular weight excluding hydrogens is 328 g/mol. The lowest BCUT2D eigenvalue weighted by atomic mass is 10.2. The van der Waals surface area contributed by atoms with Gasteiger partial charge in [-0.05, 0) is 13.8 Å². The molecule has 0 aromatic carbocycles. The number of aryl methyl sites for hydroxylation is 2. The number of methoxy groups -OCH3 is 1. The fourth-order valence-electron chi connectivity index (χ4n) is 2.52. The van der Waals surface area contributed by atoms with Crippen LogP contribution in [0.5, 0.6) is 6.01 Å². The van der Waals surface area contributed by atoms with Crippen LogP contribution < -0.4 is 15.0 Å². The average molecular weight is 348 g/mol. The molecule has 0 spiro atoms. The van der Waals surface area contributed by atoms with Crippen LogP contribution in [-0.4, -0.2) is 59.4 Å². The second kappa shape index (κ2) is 7.43. The van der Waals surface area contributed by atoms with E-state index in [9.17, 15) is 4.79 Å². The van der Waals surface area contributed by atoms with Gasteiger partial charge in [0.15, 0.2) is 5.82 Å². The van der Waals surface area contributed by atoms with Gasteiger partial charge in [0.25, 0.3) is 5.91 Å². The summed E-state index contributed by atoms with van der Waals surface area (Å²) in [6, 6.07) is 0.207. The number of carbonyl (C=O) groups excluding carboxylic acids is 1. The van der Waals surface area contributed by atoms with E-state index in [-0.39, 0.29) is 18.5 Å². The fraction of sp³-hybridized carbons (Fsp3) is 0.533. The number of nitrogens with one attached hydrogen (secondary N) is 1. The summed E-state index contributed by atoms with van der Waals surface area (Å²) in [7, 11) is 1.49. The Bertz CT molecular complexity index is 737. The Hall–Kier alpha value is -2.75. The van der Waals surface area contributed by atoms with Crippen molar-refractivity contribution in [2.75, 3.05) is 38.3 Å². The van der Waals surface area contributed by atoms with E-state index in [1.807, 2.05) is 4.90 Å². The summed E-state index contributed by atoms with van der Waals surface area (Å²) < 4.78 is 15.5. The third kappa shape index (κ3) is 3.85. The third-order valence-electron chi connectivity index (χ3n) is 3.79. The van der Waals surface area contributed by atoms with E-state index in [0.29, 0.717) is 55.1 Å². The van der Waals surface area contributed by atoms with Crippen LogP contribution in [0.2, 0.25) is 0 Å². The van der Waals surface area contributed by atoms with Gasteiger partial charge in [0.05, 0.1) is 32.6 Å². The number of hydrogen-bond acceptors (Lipinski definition) is 9. The summed E-state index contributed by atoms with van der Waals surface area (Å²) >= 11 is 0. The predicted molar refractivity (Wildman–Crippen MR) is 86.6 cm³/mol. The average Bonchev–Trinajstić information content (AvgIpc) is 2.98. The van der Waals surface area contributed by atoms with Crippen LogP contribution >= 0.6 is 0 Å². The lowest BCUT2D eigenvalue weighted by Gasteiger charge is -2.26. The lowest BCUT2D eigenvalue weighted by molar-refractivity contribution is 0.0947. The van der Waals surface area contributed by atoms with Crippen LogP contribution in [0.15, 0.2) is 4.52 Å². The number of anilines is 1. The molecule has 0 aliphatic carbocycles. The molecule has 0 bridgehead atoms. The number of amides is 1. The zero-order valence-corrected chi connectivity index (χ0v) is 14.4. The first-order valence-electron chi connectivity index (χ1n) is 7.91. The van der Waals surface area contributed by atoms with Crippen LogP contribution in [0, 0.1) is 13.8 Å². The minimum Gasteiger partial charge on any atom is -0.467 e. The summed E-state index contributed by atoms with van der Waals surface area (Å²) in [4.78, 5) is 27.2. The number of carbonyl (C=O) groups is 1. The molecule has 0 unspecified atom stereocenters. The van der Waals surface area contributed by atoms with Gasteiger partial charge in [-0.3, -0.25) is 4.79 Å². The highest BCUT2D eigenvalue weighted by atomic mass is 16.5. The van der Waals surface area contributed by atoms with Gasteiger partial charge in [-0.2, -0.15) is 15.0 Å². The summed E-state index contributed by atoms with van der Waals surface area (Å²) in [6.07, 6.45) is 0. The number of rotatable bonds is 5. The molecule has 1 aliphatic heterocycles. The van der Waals surface area contributed by atoms with Crippen molar-refractivity contribution in [1.82, 2.24) is 25.4 Å². The highest BCUT2D eigenvalue weighted by Gasteiger charge is 2.19. The van der Waals surface area contributed by atoms with Gasteiger partial charge in [-0.1, -0.05) is 5.16 Å². The van der Waals surface area contributed by atoms with Gasteiger partial charge < -0.3 is 24.2 Å². The Morgan fingerprint density at radius 1 is 1.24 bits per heavy atom. The van der Waals surface area contributed by atoms with Gasteiger partial charge in [-0.15, -0.1) is 0 Å². The third-order valence-corrected chi connectivity index (χ3v) is 3.79. The van der Waals surface area contributed by atoms with Gasteiger partial charge in [0.1, 0.15) is 11.3 Å². The highest BCUT2D eigenvalue weighted by Crippen LogP contribution is 2.15. The van der Waals surface area contributed by atoms with E-state index in [1.165, 1.54) is 7.11 Å². The first-order valence-corrected chi connectivity index (χ1v) is 7.91. The van der Waals surface area contributed by atoms with Crippen molar-refractivity contribution < 1.29 is 18.8 Å². The summed E-state index contributed by atoms with van der Waals surface area (Å²) in [5, 5.41) is 6.55. The summed E-state index contributed by atoms with van der Waals surface area (Å²) in [5.74, 6) is 1.10. The molecular formula is C15H20N6O4. The zero-order valence-electron chi connectivity index (χ0n) is 14.4. The quantitative estimate of drug-likeness (QED) is 0.811. The lowest BCUT2D eigenvalue weighted by Crippen LogP contribution is -2.37. The van der Waals surface area contributed by atoms with Crippen LogP contribution in [-0.2, 0) is 11.3 Å². The molecule has 3 heterocycles. The molecule has 25 heavy (non-hydrogen) atoms. The monoisotopic (exact) mass is 348 g/mol. The molecule has 1 fully saturated rings. The predicted octanol–water partition coefficient (Wildman–Crippen LogP) is 0.252. The molecule has 0 saturated carbocycles. The number of hydrogen-bond donors (Lipinski definition) is 1. The van der Waals surface area contributed by atoms with E-state index >= 15 is 0 Å². The molecule has 1 amide bonds. The first-order chi connectivity index (χ1) is 12.1. The molecule has 134 valence electrons. The molecule has 2 aromatic heterocycles. The Balaban J connectivity index is 1.74. The van der Waals surface area contributed by atoms with Gasteiger partial charge in [0.2, 0.25) is 5.95 Å². The Morgan fingerprint density at radius 3 is 2.64 bits per heavy atom. The minimum absolute atomic E-state index is 0.138. The SMILES string of the molecule is COc1nc(CNC(=O)c2c(C)noc2C)nc(N2CCOCC2)n1. The molecule has 10 nitrogen and oxygen atoms in total. The van der Waals surface area contributed by atoms with Crippen molar-refractivity contribution in [3.05, 3.63) is 22.8 Å². The van der Waals surface area contributed by atoms with Crippen molar-refractivity contribution in [3.63, 3.8) is 0 Å². The van der Waals surface area contributed by atoms with Crippen LogP contribution in [0.3, 0.4) is 0 Å². The van der Waals surface area contributed by atoms with E-state index in [0.717, 1.165) is 0 Å². The highest BCUT2D eigenvalue weighted by molar-refractivity contribution is 5.95. The van der Waals surface area contributed by atoms with Crippen molar-refractivity contribution in [3.8, 4) is 6.01 Å². The standard InChI is InChI=1S/C15H20N6O4/c1-9-12(10(2)25-20-9)13(22)16-8-11-17-14(19-15(18-11)23-3)21-4-6-24-7-5-21/h4-8H2,1-3H3,(H,16,22). The maximum Gasteiger partial charge on any atom is 0.321 e. The second-order valence-corrected chi connectivity index (χ2v) is 5.52. The van der Waals surface area contributed by atoms with E-state index in [2.05, 4.69) is 25.4 Å². The molecule has 3 rings (SSSR count). The minimum atomic E-state index is -0.288. The maximum atomic E-state index is 12.3. The second-order valence-electron chi connectivity index (χ2n) is 5.52. The van der Waals surface area contributed by atoms with Crippen molar-refractivity contribution in [1.29, 1.82) is 0 Å². The van der Waals surface area contributed by atoms with Gasteiger partial charge in [0, 0.05) is 13.1 Å². The Kier molecular flexibility index (Phi) is 5.08. The topological polar surface area (TPSA) is 116 Å². The molecule has 1 saturated heterocycles. The van der Waals surface area contributed by atoms with Crippen LogP contribution in [0.4, 0.5) is 5.95 Å². The number of nitrogens with zero attached hydrogens (tertiary/aromatic N) is 5. The number of aromatic nitrogens is 4. The van der Waals surface area contributed by atoms with Crippen molar-refractivity contribution in [2.24, 2.45) is 0 Å². The Morgan fingerprint density at radius 2 is 2.00 bits per heavy atom. The van der Waals surface area contributed by atoms with Crippen LogP contribution in [0.25, 0.3) is 0 Å². The molecule has 2 aromatic rings. The van der Waals surface area contributed by atoms with Crippen molar-refractivity contribution >= 4 is 11.9 Å². The van der Waals surface area contributed by atoms with Crippen LogP contribution in [0.1, 0.15) is 27.6 Å². The smallest absolute Gasteiger partial charge is 0.321 e. The first kappa shape index (κ1) is 17.1. The van der Waals surface area contributed by atoms with Crippen molar-refractivity contribution in [2.45, 2.75) is 20.4 Å². The zero-order chi connectivity index (χ0) is 17.8. The molecule has 0 atom stereocenters. The van der Waals surface area contributed by atoms with E-state index < -0.39 is 0 Å². The Labute approximate surface area is 144 Å². The fourth-order valence-corrected chi connectivity index (χ4v) is 2.52. The van der Waals surface area contributed by atoms with Gasteiger partial charge in [-0.25, -0.2) is 0 Å². The number of ether oxygens (including phenoxy) is 2. The normalized spacial score (nSPS) is 14.4. The molecule has 10 heteroatoms. The summed E-state index contributed by atoms with van der Waals surface area (Å²) in [5.41, 5.74) is 0.964. The van der Waals surface area contributed by atoms with E-state index in [4.69, 9.17) is 14.0 Å².